The first-order chi connectivity index (χ1) is 3.79. The van der Waals surface area contributed by atoms with E-state index in [1.807, 2.05) is 0 Å². The fourth-order valence-electron chi connectivity index (χ4n) is 0.488. The summed E-state index contributed by atoms with van der Waals surface area (Å²) >= 11 is 0. The minimum Gasteiger partial charge on any atom is -0.450 e. The lowest BCUT2D eigenvalue weighted by atomic mass is 10.2. The van der Waals surface area contributed by atoms with Gasteiger partial charge in [-0.1, -0.05) is 0 Å². The Morgan fingerprint density at radius 1 is 1.75 bits per heavy atom. The zero-order valence-corrected chi connectivity index (χ0v) is 4.26. The summed E-state index contributed by atoms with van der Waals surface area (Å²) in [5, 5.41) is 10.9. The van der Waals surface area contributed by atoms with Crippen molar-refractivity contribution in [2.45, 2.75) is 6.10 Å². The topological polar surface area (TPSA) is 58.6 Å². The first kappa shape index (κ1) is 5.37. The highest BCUT2D eigenvalue weighted by Gasteiger charge is 2.19. The van der Waals surface area contributed by atoms with E-state index in [4.69, 9.17) is 5.11 Å². The fourth-order valence-corrected chi connectivity index (χ4v) is 0.488. The van der Waals surface area contributed by atoms with Gasteiger partial charge < -0.3 is 15.2 Å². The molecule has 0 aromatic carbocycles. The Morgan fingerprint density at radius 2 is 2.38 bits per heavy atom. The molecule has 0 spiro atoms. The van der Waals surface area contributed by atoms with Gasteiger partial charge in [-0.15, -0.1) is 0 Å². The molecule has 0 saturated carbocycles. The molecule has 0 amide bonds. The van der Waals surface area contributed by atoms with Crippen LogP contribution >= 0.6 is 0 Å². The van der Waals surface area contributed by atoms with Crippen molar-refractivity contribution in [2.75, 3.05) is 13.1 Å². The van der Waals surface area contributed by atoms with Gasteiger partial charge in [0.25, 0.3) is 0 Å². The zero-order chi connectivity index (χ0) is 5.98. The highest BCUT2D eigenvalue weighted by molar-refractivity contribution is 5.57. The van der Waals surface area contributed by atoms with Gasteiger partial charge in [0.05, 0.1) is 0 Å². The summed E-state index contributed by atoms with van der Waals surface area (Å²) in [6, 6.07) is 0. The van der Waals surface area contributed by atoms with Crippen molar-refractivity contribution in [3.05, 3.63) is 0 Å². The SMILES string of the molecule is O=C(O)OC1CNC1. The highest BCUT2D eigenvalue weighted by Crippen LogP contribution is 1.96. The monoisotopic (exact) mass is 117 g/mol. The molecule has 0 aliphatic carbocycles. The molecule has 0 atom stereocenters. The summed E-state index contributed by atoms with van der Waals surface area (Å²) in [6.07, 6.45) is -1.29. The maximum absolute atomic E-state index is 9.75. The van der Waals surface area contributed by atoms with Crippen LogP contribution in [0.3, 0.4) is 0 Å². The summed E-state index contributed by atoms with van der Waals surface area (Å²) in [5.74, 6) is 0. The van der Waals surface area contributed by atoms with Crippen LogP contribution in [0.15, 0.2) is 0 Å². The molecular formula is C4H7NO3. The van der Waals surface area contributed by atoms with E-state index in [1.165, 1.54) is 0 Å². The Morgan fingerprint density at radius 3 is 2.50 bits per heavy atom. The first-order valence-electron chi connectivity index (χ1n) is 2.39. The van der Waals surface area contributed by atoms with Gasteiger partial charge in [-0.2, -0.15) is 0 Å². The Kier molecular flexibility index (Phi) is 1.34. The van der Waals surface area contributed by atoms with Crippen LogP contribution in [0.5, 0.6) is 0 Å². The second-order valence-electron chi connectivity index (χ2n) is 1.66. The third-order valence-corrected chi connectivity index (χ3v) is 1.01. The van der Waals surface area contributed by atoms with Crippen molar-refractivity contribution in [1.82, 2.24) is 5.32 Å². The molecule has 0 bridgehead atoms. The molecule has 0 radical (unpaired) electrons. The van der Waals surface area contributed by atoms with E-state index < -0.39 is 6.16 Å². The zero-order valence-electron chi connectivity index (χ0n) is 4.26. The van der Waals surface area contributed by atoms with Crippen LogP contribution in [-0.4, -0.2) is 30.5 Å². The van der Waals surface area contributed by atoms with E-state index in [9.17, 15) is 4.79 Å². The van der Waals surface area contributed by atoms with Gasteiger partial charge >= 0.3 is 6.16 Å². The third-order valence-electron chi connectivity index (χ3n) is 1.01. The summed E-state index contributed by atoms with van der Waals surface area (Å²) < 4.78 is 4.34. The lowest BCUT2D eigenvalue weighted by Crippen LogP contribution is -2.49. The van der Waals surface area contributed by atoms with Gasteiger partial charge in [-0.05, 0) is 0 Å². The van der Waals surface area contributed by atoms with Crippen LogP contribution in [0.25, 0.3) is 0 Å². The smallest absolute Gasteiger partial charge is 0.450 e. The van der Waals surface area contributed by atoms with E-state index >= 15 is 0 Å². The van der Waals surface area contributed by atoms with Gasteiger partial charge in [-0.3, -0.25) is 0 Å². The number of carbonyl (C=O) groups is 1. The van der Waals surface area contributed by atoms with E-state index in [1.54, 1.807) is 0 Å². The fraction of sp³-hybridized carbons (Fsp3) is 0.750. The lowest BCUT2D eigenvalue weighted by molar-refractivity contribution is 0.0293. The van der Waals surface area contributed by atoms with Crippen molar-refractivity contribution >= 4 is 6.16 Å². The van der Waals surface area contributed by atoms with Crippen LogP contribution in [-0.2, 0) is 4.74 Å². The highest BCUT2D eigenvalue weighted by atomic mass is 16.7. The van der Waals surface area contributed by atoms with Gasteiger partial charge in [0.2, 0.25) is 0 Å². The Labute approximate surface area is 46.4 Å². The molecule has 1 heterocycles. The molecule has 1 saturated heterocycles. The quantitative estimate of drug-likeness (QED) is 0.461. The number of rotatable bonds is 1. The van der Waals surface area contributed by atoms with E-state index in [-0.39, 0.29) is 6.10 Å². The van der Waals surface area contributed by atoms with Crippen molar-refractivity contribution in [1.29, 1.82) is 0 Å². The minimum atomic E-state index is -1.18. The van der Waals surface area contributed by atoms with Crippen LogP contribution in [0.4, 0.5) is 4.79 Å². The molecule has 0 aromatic rings. The summed E-state index contributed by atoms with van der Waals surface area (Å²) in [4.78, 5) is 9.75. The lowest BCUT2D eigenvalue weighted by Gasteiger charge is -2.24. The second kappa shape index (κ2) is 2.00. The van der Waals surface area contributed by atoms with Crippen molar-refractivity contribution in [3.63, 3.8) is 0 Å². The molecule has 1 fully saturated rings. The number of hydrogen-bond acceptors (Lipinski definition) is 3. The van der Waals surface area contributed by atoms with E-state index in [2.05, 4.69) is 10.1 Å². The molecule has 0 aromatic heterocycles. The van der Waals surface area contributed by atoms with E-state index in [0.717, 1.165) is 0 Å². The molecule has 8 heavy (non-hydrogen) atoms. The van der Waals surface area contributed by atoms with Gasteiger partial charge in [0.15, 0.2) is 0 Å². The Balaban J connectivity index is 2.09. The van der Waals surface area contributed by atoms with Crippen LogP contribution in [0.1, 0.15) is 0 Å². The number of nitrogens with one attached hydrogen (secondary N) is 1. The van der Waals surface area contributed by atoms with Crippen molar-refractivity contribution < 1.29 is 14.6 Å². The van der Waals surface area contributed by atoms with E-state index in [0.29, 0.717) is 13.1 Å². The number of ether oxygens (including phenoxy) is 1. The maximum Gasteiger partial charge on any atom is 0.506 e. The Hall–Kier alpha value is -0.770. The third kappa shape index (κ3) is 1.10. The van der Waals surface area contributed by atoms with Gasteiger partial charge in [-0.25, -0.2) is 4.79 Å². The molecule has 1 aliphatic rings. The predicted molar refractivity (Wildman–Crippen MR) is 25.8 cm³/mol. The predicted octanol–water partition coefficient (Wildman–Crippen LogP) is -0.347. The molecule has 1 rings (SSSR count). The Bertz CT molecular complexity index is 99.5. The molecular weight excluding hydrogens is 110 g/mol. The molecule has 1 aliphatic heterocycles. The molecule has 4 nitrogen and oxygen atoms in total. The minimum absolute atomic E-state index is 0.104. The van der Waals surface area contributed by atoms with Crippen LogP contribution in [0.2, 0.25) is 0 Å². The summed E-state index contributed by atoms with van der Waals surface area (Å²) in [6.45, 7) is 1.32. The average Bonchev–Trinajstić information content (AvgIpc) is 1.55. The normalized spacial score (nSPS) is 19.5. The molecule has 0 unspecified atom stereocenters. The largest absolute Gasteiger partial charge is 0.506 e. The van der Waals surface area contributed by atoms with Gasteiger partial charge in [0.1, 0.15) is 6.10 Å². The van der Waals surface area contributed by atoms with Crippen molar-refractivity contribution in [3.8, 4) is 0 Å². The van der Waals surface area contributed by atoms with Crippen LogP contribution in [0, 0.1) is 0 Å². The maximum atomic E-state index is 9.75. The van der Waals surface area contributed by atoms with Gasteiger partial charge in [0, 0.05) is 13.1 Å². The molecule has 46 valence electrons. The summed E-state index contributed by atoms with van der Waals surface area (Å²) in [5.41, 5.74) is 0. The molecule has 4 heteroatoms. The summed E-state index contributed by atoms with van der Waals surface area (Å²) in [7, 11) is 0. The second-order valence-corrected chi connectivity index (χ2v) is 1.66. The van der Waals surface area contributed by atoms with Crippen LogP contribution < -0.4 is 5.32 Å². The number of carboxylic acid groups (broad SMARTS) is 1. The standard InChI is InChI=1S/C4H7NO3/c6-4(7)8-3-1-5-2-3/h3,5H,1-2H2,(H,6,7). The number of hydrogen-bond donors (Lipinski definition) is 2. The molecule has 2 N–H and O–H groups in total. The van der Waals surface area contributed by atoms with Crippen molar-refractivity contribution in [2.24, 2.45) is 0 Å². The first-order valence-corrected chi connectivity index (χ1v) is 2.39. The average molecular weight is 117 g/mol.